The topological polar surface area (TPSA) is 111 Å². The van der Waals surface area contributed by atoms with Crippen LogP contribution in [-0.2, 0) is 41.9 Å². The predicted molar refractivity (Wildman–Crippen MR) is 125 cm³/mol. The van der Waals surface area contributed by atoms with E-state index < -0.39 is 23.0 Å². The fourth-order valence-corrected chi connectivity index (χ4v) is 5.05. The minimum absolute atomic E-state index is 0.103. The van der Waals surface area contributed by atoms with E-state index in [4.69, 9.17) is 9.47 Å². The Kier molecular flexibility index (Phi) is 8.69. The first-order chi connectivity index (χ1) is 16.2. The maximum atomic E-state index is 12.8. The molecule has 0 atom stereocenters. The molecule has 1 aromatic carbocycles. The van der Waals surface area contributed by atoms with Gasteiger partial charge in [-0.2, -0.15) is 0 Å². The van der Waals surface area contributed by atoms with Crippen molar-refractivity contribution in [3.63, 3.8) is 0 Å². The highest BCUT2D eigenvalue weighted by molar-refractivity contribution is 5.88. The highest BCUT2D eigenvalue weighted by Crippen LogP contribution is 2.31. The normalized spacial score (nSPS) is 18.9. The smallest absolute Gasteiger partial charge is 0.332 e. The lowest BCUT2D eigenvalue weighted by Gasteiger charge is -2.35. The van der Waals surface area contributed by atoms with E-state index in [1.165, 1.54) is 13.8 Å². The van der Waals surface area contributed by atoms with Crippen molar-refractivity contribution in [2.45, 2.75) is 102 Å². The van der Waals surface area contributed by atoms with Gasteiger partial charge >= 0.3 is 11.9 Å². The van der Waals surface area contributed by atoms with E-state index >= 15 is 0 Å². The van der Waals surface area contributed by atoms with Gasteiger partial charge in [-0.05, 0) is 36.8 Å². The molecule has 1 aromatic rings. The molecule has 3 rings (SSSR count). The highest BCUT2D eigenvalue weighted by atomic mass is 16.5. The van der Waals surface area contributed by atoms with Crippen molar-refractivity contribution >= 4 is 23.8 Å². The Bertz CT molecular complexity index is 810. The van der Waals surface area contributed by atoms with Gasteiger partial charge in [0.1, 0.15) is 24.3 Å². The zero-order valence-corrected chi connectivity index (χ0v) is 20.2. The van der Waals surface area contributed by atoms with Crippen molar-refractivity contribution in [3.05, 3.63) is 35.4 Å². The summed E-state index contributed by atoms with van der Waals surface area (Å²) in [6, 6.07) is 7.30. The van der Waals surface area contributed by atoms with Gasteiger partial charge in [-0.1, -0.05) is 62.8 Å². The molecule has 2 aliphatic rings. The van der Waals surface area contributed by atoms with Crippen molar-refractivity contribution in [1.82, 2.24) is 10.6 Å². The summed E-state index contributed by atoms with van der Waals surface area (Å²) in [7, 11) is 0. The summed E-state index contributed by atoms with van der Waals surface area (Å²) < 4.78 is 11.1. The molecule has 186 valence electrons. The number of amides is 2. The first kappa shape index (κ1) is 25.7. The fourth-order valence-electron chi connectivity index (χ4n) is 5.05. The summed E-state index contributed by atoms with van der Waals surface area (Å²) in [5, 5.41) is 5.64. The SMILES string of the molecule is CC(=O)NC1(C(=O)OCc2ccc(COC(=O)C3(NC(C)=O)CCCCC3)cc2)CCCCC1. The minimum Gasteiger partial charge on any atom is -0.459 e. The van der Waals surface area contributed by atoms with Crippen LogP contribution >= 0.6 is 0 Å². The number of hydrogen-bond acceptors (Lipinski definition) is 6. The number of carbonyl (C=O) groups is 4. The van der Waals surface area contributed by atoms with Gasteiger partial charge in [-0.15, -0.1) is 0 Å². The van der Waals surface area contributed by atoms with Crippen molar-refractivity contribution in [3.8, 4) is 0 Å². The molecular formula is C26H36N2O6. The van der Waals surface area contributed by atoms with Gasteiger partial charge in [0.25, 0.3) is 0 Å². The van der Waals surface area contributed by atoms with Gasteiger partial charge in [0.05, 0.1) is 0 Å². The van der Waals surface area contributed by atoms with Gasteiger partial charge < -0.3 is 20.1 Å². The molecule has 2 saturated carbocycles. The van der Waals surface area contributed by atoms with E-state index in [1.807, 2.05) is 24.3 Å². The van der Waals surface area contributed by atoms with Gasteiger partial charge in [0.2, 0.25) is 11.8 Å². The fraction of sp³-hybridized carbons (Fsp3) is 0.615. The van der Waals surface area contributed by atoms with Crippen LogP contribution in [0.15, 0.2) is 24.3 Å². The van der Waals surface area contributed by atoms with Crippen molar-refractivity contribution in [2.75, 3.05) is 0 Å². The molecule has 0 aromatic heterocycles. The lowest BCUT2D eigenvalue weighted by molar-refractivity contribution is -0.157. The van der Waals surface area contributed by atoms with Gasteiger partial charge in [0.15, 0.2) is 0 Å². The molecule has 0 bridgehead atoms. The van der Waals surface area contributed by atoms with Crippen LogP contribution in [0.2, 0.25) is 0 Å². The number of carbonyl (C=O) groups excluding carboxylic acids is 4. The van der Waals surface area contributed by atoms with Gasteiger partial charge in [-0.25, -0.2) is 9.59 Å². The van der Waals surface area contributed by atoms with Crippen molar-refractivity contribution in [2.24, 2.45) is 0 Å². The predicted octanol–water partition coefficient (Wildman–Crippen LogP) is 3.45. The van der Waals surface area contributed by atoms with E-state index in [-0.39, 0.29) is 25.0 Å². The average Bonchev–Trinajstić information content (AvgIpc) is 2.82. The van der Waals surface area contributed by atoms with E-state index in [2.05, 4.69) is 10.6 Å². The minimum atomic E-state index is -0.929. The molecule has 2 amide bonds. The lowest BCUT2D eigenvalue weighted by atomic mass is 9.81. The van der Waals surface area contributed by atoms with Crippen LogP contribution in [0.1, 0.15) is 89.2 Å². The highest BCUT2D eigenvalue weighted by Gasteiger charge is 2.42. The molecule has 2 fully saturated rings. The molecule has 0 unspecified atom stereocenters. The number of esters is 2. The third-order valence-corrected chi connectivity index (χ3v) is 6.79. The third kappa shape index (κ3) is 6.58. The van der Waals surface area contributed by atoms with Crippen LogP contribution in [-0.4, -0.2) is 34.8 Å². The molecule has 0 spiro atoms. The van der Waals surface area contributed by atoms with Gasteiger partial charge in [0, 0.05) is 13.8 Å². The third-order valence-electron chi connectivity index (χ3n) is 6.79. The summed E-state index contributed by atoms with van der Waals surface area (Å²) in [4.78, 5) is 48.9. The molecular weight excluding hydrogens is 436 g/mol. The summed E-state index contributed by atoms with van der Waals surface area (Å²) in [5.41, 5.74) is -0.249. The molecule has 2 aliphatic carbocycles. The molecule has 0 radical (unpaired) electrons. The van der Waals surface area contributed by atoms with Crippen molar-refractivity contribution < 1.29 is 28.7 Å². The first-order valence-electron chi connectivity index (χ1n) is 12.2. The summed E-state index contributed by atoms with van der Waals surface area (Å²) >= 11 is 0. The van der Waals surface area contributed by atoms with E-state index in [0.717, 1.165) is 49.7 Å². The Labute approximate surface area is 201 Å². The Morgan fingerprint density at radius 1 is 0.647 bits per heavy atom. The number of hydrogen-bond donors (Lipinski definition) is 2. The van der Waals surface area contributed by atoms with Crippen LogP contribution in [0.5, 0.6) is 0 Å². The van der Waals surface area contributed by atoms with Gasteiger partial charge in [-0.3, -0.25) is 9.59 Å². The Morgan fingerprint density at radius 3 is 1.26 bits per heavy atom. The van der Waals surface area contributed by atoms with Crippen molar-refractivity contribution in [1.29, 1.82) is 0 Å². The van der Waals surface area contributed by atoms with E-state index in [1.54, 1.807) is 0 Å². The van der Waals surface area contributed by atoms with E-state index in [0.29, 0.717) is 25.7 Å². The quantitative estimate of drug-likeness (QED) is 0.561. The van der Waals surface area contributed by atoms with Crippen LogP contribution < -0.4 is 10.6 Å². The maximum Gasteiger partial charge on any atom is 0.332 e. The second kappa shape index (κ2) is 11.5. The van der Waals surface area contributed by atoms with E-state index in [9.17, 15) is 19.2 Å². The molecule has 8 nitrogen and oxygen atoms in total. The molecule has 0 aliphatic heterocycles. The molecule has 8 heteroatoms. The zero-order chi connectivity index (χ0) is 24.6. The monoisotopic (exact) mass is 472 g/mol. The van der Waals surface area contributed by atoms with Crippen LogP contribution in [0.4, 0.5) is 0 Å². The zero-order valence-electron chi connectivity index (χ0n) is 20.2. The average molecular weight is 473 g/mol. The first-order valence-corrected chi connectivity index (χ1v) is 12.2. The lowest BCUT2D eigenvalue weighted by Crippen LogP contribution is -2.55. The number of rotatable bonds is 8. The number of benzene rings is 1. The Hall–Kier alpha value is -2.90. The number of ether oxygens (including phenoxy) is 2. The second-order valence-electron chi connectivity index (χ2n) is 9.62. The Balaban J connectivity index is 1.53. The molecule has 34 heavy (non-hydrogen) atoms. The summed E-state index contributed by atoms with van der Waals surface area (Å²) in [6.45, 7) is 3.04. The van der Waals surface area contributed by atoms with Crippen LogP contribution in [0.25, 0.3) is 0 Å². The maximum absolute atomic E-state index is 12.8. The second-order valence-corrected chi connectivity index (χ2v) is 9.62. The largest absolute Gasteiger partial charge is 0.459 e. The number of nitrogens with one attached hydrogen (secondary N) is 2. The standard InChI is InChI=1S/C26H36N2O6/c1-19(29)27-25(13-5-3-6-14-25)23(31)33-17-21-9-11-22(12-10-21)18-34-24(32)26(28-20(2)30)15-7-4-8-16-26/h9-12H,3-8,13-18H2,1-2H3,(H,27,29)(H,28,30). The summed E-state index contributed by atoms with van der Waals surface area (Å²) in [5.74, 6) is -1.25. The molecule has 0 heterocycles. The van der Waals surface area contributed by atoms with Crippen LogP contribution in [0.3, 0.4) is 0 Å². The molecule has 0 saturated heterocycles. The Morgan fingerprint density at radius 2 is 0.971 bits per heavy atom. The summed E-state index contributed by atoms with van der Waals surface area (Å²) in [6.07, 6.45) is 7.99. The van der Waals surface area contributed by atoms with Crippen LogP contribution in [0, 0.1) is 0 Å². The molecule has 2 N–H and O–H groups in total.